The van der Waals surface area contributed by atoms with Crippen LogP contribution in [0.4, 0.5) is 0 Å². The molecule has 3 saturated carbocycles. The van der Waals surface area contributed by atoms with Crippen molar-refractivity contribution in [2.45, 2.75) is 31.5 Å². The minimum Gasteiger partial charge on any atom is -0.369 e. The van der Waals surface area contributed by atoms with Crippen LogP contribution in [-0.2, 0) is 14.3 Å². The van der Waals surface area contributed by atoms with Gasteiger partial charge in [0.1, 0.15) is 11.6 Å². The first-order chi connectivity index (χ1) is 6.77. The molecule has 74 valence electrons. The summed E-state index contributed by atoms with van der Waals surface area (Å²) < 4.78 is 5.52. The van der Waals surface area contributed by atoms with Gasteiger partial charge in [-0.25, -0.2) is 0 Å². The van der Waals surface area contributed by atoms with Gasteiger partial charge >= 0.3 is 0 Å². The molecule has 0 unspecified atom stereocenters. The van der Waals surface area contributed by atoms with Crippen LogP contribution in [0.5, 0.6) is 0 Å². The number of hydrogen-bond acceptors (Lipinski definition) is 3. The van der Waals surface area contributed by atoms with Gasteiger partial charge in [-0.15, -0.1) is 0 Å². The van der Waals surface area contributed by atoms with Crippen molar-refractivity contribution in [1.29, 1.82) is 0 Å². The fourth-order valence-corrected chi connectivity index (χ4v) is 4.10. The average Bonchev–Trinajstić information content (AvgIpc) is 2.79. The highest BCUT2D eigenvalue weighted by atomic mass is 16.6. The lowest BCUT2D eigenvalue weighted by Gasteiger charge is -2.30. The summed E-state index contributed by atoms with van der Waals surface area (Å²) in [4.78, 5) is 23.5. The molecular formula is C11H12O3. The molecule has 0 spiro atoms. The van der Waals surface area contributed by atoms with Gasteiger partial charge in [0.2, 0.25) is 0 Å². The van der Waals surface area contributed by atoms with Crippen LogP contribution in [0, 0.1) is 23.7 Å². The van der Waals surface area contributed by atoms with E-state index in [1.54, 1.807) is 0 Å². The van der Waals surface area contributed by atoms with Crippen LogP contribution in [0.2, 0.25) is 0 Å². The van der Waals surface area contributed by atoms with Crippen molar-refractivity contribution in [2.75, 3.05) is 0 Å². The van der Waals surface area contributed by atoms with E-state index in [1.165, 1.54) is 0 Å². The number of fused-ring (bicyclic) bond motifs is 8. The Morgan fingerprint density at radius 2 is 1.43 bits per heavy atom. The maximum atomic E-state index is 11.8. The smallest absolute Gasteiger partial charge is 0.137 e. The molecule has 6 atom stereocenters. The summed E-state index contributed by atoms with van der Waals surface area (Å²) >= 11 is 0. The number of carbonyl (C=O) groups is 2. The summed E-state index contributed by atoms with van der Waals surface area (Å²) in [5.74, 6) is 1.54. The summed E-state index contributed by atoms with van der Waals surface area (Å²) in [6.07, 6.45) is 2.73. The predicted octanol–water partition coefficient (Wildman–Crippen LogP) is 0.568. The fourth-order valence-electron chi connectivity index (χ4n) is 4.10. The maximum Gasteiger partial charge on any atom is 0.137 e. The van der Waals surface area contributed by atoms with Crippen LogP contribution >= 0.6 is 0 Å². The predicted molar refractivity (Wildman–Crippen MR) is 46.5 cm³/mol. The van der Waals surface area contributed by atoms with Crippen LogP contribution in [-0.4, -0.2) is 23.8 Å². The lowest BCUT2D eigenvalue weighted by Crippen LogP contribution is -2.41. The molecule has 0 aromatic carbocycles. The Morgan fingerprint density at radius 1 is 0.929 bits per heavy atom. The zero-order valence-corrected chi connectivity index (χ0v) is 7.81. The van der Waals surface area contributed by atoms with Gasteiger partial charge in [-0.3, -0.25) is 9.59 Å². The Bertz CT molecular complexity index is 316. The van der Waals surface area contributed by atoms with E-state index in [0.29, 0.717) is 48.5 Å². The van der Waals surface area contributed by atoms with Crippen molar-refractivity contribution in [3.63, 3.8) is 0 Å². The van der Waals surface area contributed by atoms with E-state index in [9.17, 15) is 9.59 Å². The second kappa shape index (κ2) is 2.11. The Hall–Kier alpha value is -0.700. The fraction of sp³-hybridized carbons (Fsp3) is 0.818. The first-order valence-electron chi connectivity index (χ1n) is 5.48. The number of epoxide rings is 1. The second-order valence-electron chi connectivity index (χ2n) is 5.11. The van der Waals surface area contributed by atoms with Gasteiger partial charge in [0, 0.05) is 24.7 Å². The van der Waals surface area contributed by atoms with Crippen LogP contribution in [0.15, 0.2) is 0 Å². The largest absolute Gasteiger partial charge is 0.369 e. The number of carbonyl (C=O) groups excluding carboxylic acids is 2. The standard InChI is InChI=1S/C11H12O3/c12-6-1-2-7(13)9-5-3-4(8(6)9)10-11(5)14-10/h4-5,8-11H,1-3H2/t4-,5-,8-,9+,10+,11-/m1/s1. The SMILES string of the molecule is O=C1CCC(=O)[C@H]2[C@H]3C[C@@H]([C@H]4O[C@@H]34)[C@@H]12. The van der Waals surface area contributed by atoms with Crippen LogP contribution in [0.3, 0.4) is 0 Å². The summed E-state index contributed by atoms with van der Waals surface area (Å²) in [5, 5.41) is 0. The van der Waals surface area contributed by atoms with Gasteiger partial charge in [0.05, 0.1) is 12.2 Å². The van der Waals surface area contributed by atoms with E-state index in [4.69, 9.17) is 4.74 Å². The maximum absolute atomic E-state index is 11.8. The Kier molecular flexibility index (Phi) is 1.14. The van der Waals surface area contributed by atoms with E-state index in [1.807, 2.05) is 0 Å². The summed E-state index contributed by atoms with van der Waals surface area (Å²) in [6.45, 7) is 0. The van der Waals surface area contributed by atoms with Crippen molar-refractivity contribution >= 4 is 11.6 Å². The molecule has 4 rings (SSSR count). The van der Waals surface area contributed by atoms with Crippen molar-refractivity contribution in [1.82, 2.24) is 0 Å². The summed E-state index contributed by atoms with van der Waals surface area (Å²) in [5.41, 5.74) is 0. The molecule has 14 heavy (non-hydrogen) atoms. The molecule has 0 radical (unpaired) electrons. The van der Waals surface area contributed by atoms with Gasteiger partial charge in [-0.1, -0.05) is 0 Å². The molecule has 3 aliphatic carbocycles. The number of ketones is 2. The third-order valence-corrected chi connectivity index (χ3v) is 4.62. The van der Waals surface area contributed by atoms with Gasteiger partial charge in [-0.05, 0) is 18.3 Å². The molecule has 0 aromatic rings. The number of rotatable bonds is 0. The minimum absolute atomic E-state index is 0.0463. The van der Waals surface area contributed by atoms with Gasteiger partial charge in [-0.2, -0.15) is 0 Å². The van der Waals surface area contributed by atoms with E-state index in [-0.39, 0.29) is 11.8 Å². The Balaban J connectivity index is 1.79. The van der Waals surface area contributed by atoms with Crippen molar-refractivity contribution in [2.24, 2.45) is 23.7 Å². The van der Waals surface area contributed by atoms with E-state index in [2.05, 4.69) is 0 Å². The van der Waals surface area contributed by atoms with Crippen molar-refractivity contribution in [3.8, 4) is 0 Å². The highest BCUT2D eigenvalue weighted by molar-refractivity contribution is 5.97. The van der Waals surface area contributed by atoms with E-state index < -0.39 is 0 Å². The normalized spacial score (nSPS) is 58.6. The number of ether oxygens (including phenoxy) is 1. The molecule has 1 aliphatic heterocycles. The van der Waals surface area contributed by atoms with Gasteiger partial charge in [0.25, 0.3) is 0 Å². The molecule has 3 nitrogen and oxygen atoms in total. The van der Waals surface area contributed by atoms with Crippen molar-refractivity contribution < 1.29 is 14.3 Å². The molecule has 4 fully saturated rings. The number of Topliss-reactive ketones (excluding diaryl/α,β-unsaturated/α-hetero) is 2. The molecule has 2 bridgehead atoms. The van der Waals surface area contributed by atoms with E-state index >= 15 is 0 Å². The molecular weight excluding hydrogens is 180 g/mol. The lowest BCUT2D eigenvalue weighted by atomic mass is 9.69. The van der Waals surface area contributed by atoms with E-state index in [0.717, 1.165) is 6.42 Å². The second-order valence-corrected chi connectivity index (χ2v) is 5.11. The van der Waals surface area contributed by atoms with Gasteiger partial charge < -0.3 is 4.74 Å². The number of hydrogen-bond donors (Lipinski definition) is 0. The molecule has 0 amide bonds. The van der Waals surface area contributed by atoms with Crippen LogP contribution in [0.25, 0.3) is 0 Å². The van der Waals surface area contributed by atoms with Crippen molar-refractivity contribution in [3.05, 3.63) is 0 Å². The third kappa shape index (κ3) is 0.670. The molecule has 1 saturated heterocycles. The van der Waals surface area contributed by atoms with Crippen LogP contribution < -0.4 is 0 Å². The Labute approximate surface area is 81.8 Å². The zero-order chi connectivity index (χ0) is 9.45. The molecule has 0 N–H and O–H groups in total. The summed E-state index contributed by atoms with van der Waals surface area (Å²) in [6, 6.07) is 0. The first-order valence-corrected chi connectivity index (χ1v) is 5.48. The molecule has 0 aromatic heterocycles. The summed E-state index contributed by atoms with van der Waals surface area (Å²) in [7, 11) is 0. The first kappa shape index (κ1) is 7.57. The topological polar surface area (TPSA) is 46.7 Å². The molecule has 3 heteroatoms. The average molecular weight is 192 g/mol. The monoisotopic (exact) mass is 192 g/mol. The minimum atomic E-state index is 0.0463. The van der Waals surface area contributed by atoms with Gasteiger partial charge in [0.15, 0.2) is 0 Å². The highest BCUT2D eigenvalue weighted by Gasteiger charge is 2.70. The Morgan fingerprint density at radius 3 is 1.93 bits per heavy atom. The highest BCUT2D eigenvalue weighted by Crippen LogP contribution is 2.63. The molecule has 1 heterocycles. The van der Waals surface area contributed by atoms with Crippen LogP contribution in [0.1, 0.15) is 19.3 Å². The lowest BCUT2D eigenvalue weighted by molar-refractivity contribution is -0.139. The zero-order valence-electron chi connectivity index (χ0n) is 7.81. The quantitative estimate of drug-likeness (QED) is 0.527. The molecule has 4 aliphatic rings. The third-order valence-electron chi connectivity index (χ3n) is 4.62.